The third-order valence-electron chi connectivity index (χ3n) is 0. The van der Waals surface area contributed by atoms with Crippen molar-refractivity contribution >= 4 is 0 Å². The molecule has 0 fully saturated rings. The van der Waals surface area contributed by atoms with Gasteiger partial charge in [-0.25, -0.2) is 0 Å². The molecule has 0 amide bonds. The summed E-state index contributed by atoms with van der Waals surface area (Å²) in [5.41, 5.74) is 0. The molecule has 0 spiro atoms. The van der Waals surface area contributed by atoms with Crippen LogP contribution in [0.15, 0.2) is 0 Å². The summed E-state index contributed by atoms with van der Waals surface area (Å²) in [6.45, 7) is 0. The second kappa shape index (κ2) is 69.6. The van der Waals surface area contributed by atoms with E-state index < -0.39 is 0 Å². The molecule has 0 aliphatic rings. The van der Waals surface area contributed by atoms with Gasteiger partial charge in [-0.05, 0) is 0 Å². The van der Waals surface area contributed by atoms with E-state index in [0.717, 1.165) is 0 Å². The smallest absolute Gasteiger partial charge is 1.00 e. The molecule has 32 valence electrons. The van der Waals surface area contributed by atoms with E-state index >= 15 is 0 Å². The molecule has 0 aromatic carbocycles. The van der Waals surface area contributed by atoms with Crippen molar-refractivity contribution < 1.29 is 81.1 Å². The molecule has 0 aliphatic carbocycles. The van der Waals surface area contributed by atoms with E-state index in [1.165, 1.54) is 0 Å². The second-order valence-corrected chi connectivity index (χ2v) is 0. The molecule has 0 aliphatic heterocycles. The Balaban J connectivity index is 0. The van der Waals surface area contributed by atoms with Crippen molar-refractivity contribution in [3.05, 3.63) is 0 Å². The van der Waals surface area contributed by atoms with E-state index in [9.17, 15) is 0 Å². The summed E-state index contributed by atoms with van der Waals surface area (Å²) in [4.78, 5) is 0. The zero-order valence-electron chi connectivity index (χ0n) is 3.09. The molecule has 0 rings (SSSR count). The normalized spacial score (nSPS) is 0. The number of hydrogen-bond donors (Lipinski definition) is 0. The Hall–Kier alpha value is 1.82. The van der Waals surface area contributed by atoms with Crippen LogP contribution in [0, 0.1) is 0 Å². The first-order valence-electron chi connectivity index (χ1n) is 0. The van der Waals surface area contributed by atoms with Gasteiger partial charge in [-0.3, -0.25) is 0 Å². The molecule has 0 bridgehead atoms. The van der Waals surface area contributed by atoms with E-state index in [0.29, 0.717) is 0 Å². The van der Waals surface area contributed by atoms with E-state index in [-0.39, 0.29) is 81.1 Å². The van der Waals surface area contributed by atoms with E-state index in [2.05, 4.69) is 0 Å². The maximum atomic E-state index is 0. The average Bonchev–Trinajstić information content (AvgIpc) is 0. The first-order valence-corrected chi connectivity index (χ1v) is 0. The van der Waals surface area contributed by atoms with E-state index in [4.69, 9.17) is 0 Å². The summed E-state index contributed by atoms with van der Waals surface area (Å²) in [5, 5.41) is 0. The van der Waals surface area contributed by atoms with Gasteiger partial charge in [-0.15, -0.1) is 0 Å². The Kier molecular flexibility index (Phi) is 1270. The molecular formula is F4NaY. The van der Waals surface area contributed by atoms with Gasteiger partial charge >= 0.3 is 62.3 Å². The fourth-order valence-electron chi connectivity index (χ4n) is 0. The second-order valence-electron chi connectivity index (χ2n) is 0. The minimum absolute atomic E-state index is 0. The number of rotatable bonds is 0. The summed E-state index contributed by atoms with van der Waals surface area (Å²) in [5.74, 6) is 0. The Bertz CT molecular complexity index is 7.51. The van der Waals surface area contributed by atoms with Crippen molar-refractivity contribution in [2.24, 2.45) is 0 Å². The first-order chi connectivity index (χ1) is 0. The van der Waals surface area contributed by atoms with Crippen LogP contribution in [0.3, 0.4) is 0 Å². The predicted octanol–water partition coefficient (Wildman–Crippen LogP) is -15.0. The monoisotopic (exact) mass is 188 g/mol. The van der Waals surface area contributed by atoms with Crippen molar-refractivity contribution in [2.45, 2.75) is 0 Å². The van der Waals surface area contributed by atoms with Gasteiger partial charge in [-0.1, -0.05) is 0 Å². The molecule has 0 nitrogen and oxygen atoms in total. The van der Waals surface area contributed by atoms with Crippen LogP contribution >= 0.6 is 0 Å². The minimum Gasteiger partial charge on any atom is -1.00 e. The summed E-state index contributed by atoms with van der Waals surface area (Å²) in [6.07, 6.45) is 0. The van der Waals surface area contributed by atoms with E-state index in [1.807, 2.05) is 0 Å². The van der Waals surface area contributed by atoms with Crippen LogP contribution < -0.4 is 48.4 Å². The summed E-state index contributed by atoms with van der Waals surface area (Å²) < 4.78 is 0. The fraction of sp³-hybridized carbons (Fsp3) is 0. The first kappa shape index (κ1) is 110. The predicted molar refractivity (Wildman–Crippen MR) is 0 cm³/mol. The molecule has 0 saturated heterocycles. The molecule has 0 radical (unpaired) electrons. The Labute approximate surface area is 80.1 Å². The molecule has 0 saturated carbocycles. The summed E-state index contributed by atoms with van der Waals surface area (Å²) >= 11 is 0. The topological polar surface area (TPSA) is 0 Å². The summed E-state index contributed by atoms with van der Waals surface area (Å²) in [6, 6.07) is 0. The molecule has 0 heterocycles. The molecule has 0 unspecified atom stereocenters. The van der Waals surface area contributed by atoms with Crippen LogP contribution in [0.2, 0.25) is 0 Å². The van der Waals surface area contributed by atoms with Crippen molar-refractivity contribution in [3.8, 4) is 0 Å². The van der Waals surface area contributed by atoms with Gasteiger partial charge in [-0.2, -0.15) is 0 Å². The Morgan fingerprint density at radius 2 is 0.500 bits per heavy atom. The van der Waals surface area contributed by atoms with Crippen molar-refractivity contribution in [1.82, 2.24) is 0 Å². The van der Waals surface area contributed by atoms with Crippen LogP contribution in [0.25, 0.3) is 0 Å². The SMILES string of the molecule is [F-].[F-].[F-].[F-].[Na+].[Y+3]. The van der Waals surface area contributed by atoms with Gasteiger partial charge in [0.1, 0.15) is 0 Å². The fourth-order valence-corrected chi connectivity index (χ4v) is 0. The Morgan fingerprint density at radius 1 is 0.500 bits per heavy atom. The minimum atomic E-state index is 0. The van der Waals surface area contributed by atoms with Gasteiger partial charge < -0.3 is 18.8 Å². The van der Waals surface area contributed by atoms with Gasteiger partial charge in [0.2, 0.25) is 0 Å². The van der Waals surface area contributed by atoms with Gasteiger partial charge in [0.05, 0.1) is 0 Å². The standard InChI is InChI=1S/4FH.Na.Y/h4*1H;;/q;;;;+1;+3/p-4. The molecule has 0 aromatic rings. The van der Waals surface area contributed by atoms with Crippen LogP contribution in [0.5, 0.6) is 0 Å². The van der Waals surface area contributed by atoms with Gasteiger partial charge in [0.15, 0.2) is 0 Å². The number of hydrogen-bond acceptors (Lipinski definition) is 0. The van der Waals surface area contributed by atoms with Crippen LogP contribution in [-0.2, 0) is 32.7 Å². The third-order valence-corrected chi connectivity index (χ3v) is 0. The van der Waals surface area contributed by atoms with Crippen molar-refractivity contribution in [2.75, 3.05) is 0 Å². The molecule has 0 aromatic heterocycles. The molecule has 0 N–H and O–H groups in total. The van der Waals surface area contributed by atoms with Crippen molar-refractivity contribution in [3.63, 3.8) is 0 Å². The molecule has 0 atom stereocenters. The largest absolute Gasteiger partial charge is 3.00 e. The maximum Gasteiger partial charge on any atom is 3.00 e. The van der Waals surface area contributed by atoms with Gasteiger partial charge in [0.25, 0.3) is 0 Å². The quantitative estimate of drug-likeness (QED) is 0.261. The molecule has 6 heavy (non-hydrogen) atoms. The van der Waals surface area contributed by atoms with Gasteiger partial charge in [0, 0.05) is 0 Å². The zero-order chi connectivity index (χ0) is 0. The van der Waals surface area contributed by atoms with E-state index in [1.54, 1.807) is 0 Å². The number of halogens is 4. The van der Waals surface area contributed by atoms with Crippen LogP contribution in [-0.4, -0.2) is 0 Å². The molecular weight excluding hydrogens is 188 g/mol. The van der Waals surface area contributed by atoms with Crippen LogP contribution in [0.4, 0.5) is 0 Å². The van der Waals surface area contributed by atoms with Crippen molar-refractivity contribution in [1.29, 1.82) is 0 Å². The Morgan fingerprint density at radius 3 is 0.500 bits per heavy atom. The molecule has 6 heteroatoms. The summed E-state index contributed by atoms with van der Waals surface area (Å²) in [7, 11) is 0. The zero-order valence-corrected chi connectivity index (χ0v) is 7.93. The third kappa shape index (κ3) is 40.7. The average molecular weight is 188 g/mol. The van der Waals surface area contributed by atoms with Crippen LogP contribution in [0.1, 0.15) is 0 Å². The maximum absolute atomic E-state index is 0.